The van der Waals surface area contributed by atoms with Gasteiger partial charge in [-0.3, -0.25) is 14.2 Å². The molecule has 0 bridgehead atoms. The van der Waals surface area contributed by atoms with Crippen molar-refractivity contribution >= 4 is 23.6 Å². The Morgan fingerprint density at radius 1 is 1.00 bits per heavy atom. The number of thioether (sulfide) groups is 1. The van der Waals surface area contributed by atoms with E-state index in [9.17, 15) is 9.59 Å². The molecule has 3 rings (SSSR count). The summed E-state index contributed by atoms with van der Waals surface area (Å²) in [6.45, 7) is 5.03. The lowest BCUT2D eigenvalue weighted by atomic mass is 10.0. The van der Waals surface area contributed by atoms with Crippen molar-refractivity contribution in [3.8, 4) is 5.69 Å². The van der Waals surface area contributed by atoms with Crippen LogP contribution in [0.3, 0.4) is 0 Å². The highest BCUT2D eigenvalue weighted by Gasteiger charge is 2.11. The largest absolute Gasteiger partial charge is 0.354 e. The quantitative estimate of drug-likeness (QED) is 0.408. The maximum Gasteiger partial charge on any atom is 0.251 e. The Balaban J connectivity index is 1.43. The molecule has 0 aliphatic carbocycles. The van der Waals surface area contributed by atoms with Gasteiger partial charge in [0.25, 0.3) is 5.91 Å². The van der Waals surface area contributed by atoms with Gasteiger partial charge in [0.05, 0.1) is 5.75 Å². The summed E-state index contributed by atoms with van der Waals surface area (Å²) in [7, 11) is 0. The third kappa shape index (κ3) is 5.93. The summed E-state index contributed by atoms with van der Waals surface area (Å²) in [5.41, 5.74) is 2.82. The van der Waals surface area contributed by atoms with Crippen LogP contribution in [0.5, 0.6) is 0 Å². The standard InChI is InChI=1S/C22H25N5O2S/c1-16(2)17-8-10-19(11-9-17)27-15-25-26-22(27)30-14-20(28)23-12-13-24-21(29)18-6-4-3-5-7-18/h3-11,15-16H,12-14H2,1-2H3,(H,23,28)(H,24,29). The molecule has 30 heavy (non-hydrogen) atoms. The van der Waals surface area contributed by atoms with Crippen LogP contribution in [0.15, 0.2) is 66.1 Å². The predicted octanol–water partition coefficient (Wildman–Crippen LogP) is 3.03. The number of carbonyl (C=O) groups is 2. The molecule has 0 aliphatic rings. The van der Waals surface area contributed by atoms with E-state index in [1.165, 1.54) is 17.3 Å². The zero-order chi connectivity index (χ0) is 21.3. The first kappa shape index (κ1) is 21.6. The SMILES string of the molecule is CC(C)c1ccc(-n2cnnc2SCC(=O)NCCNC(=O)c2ccccc2)cc1. The lowest BCUT2D eigenvalue weighted by Crippen LogP contribution is -2.35. The molecular weight excluding hydrogens is 398 g/mol. The minimum absolute atomic E-state index is 0.126. The highest BCUT2D eigenvalue weighted by Crippen LogP contribution is 2.21. The van der Waals surface area contributed by atoms with Crippen LogP contribution in [0.2, 0.25) is 0 Å². The second-order valence-electron chi connectivity index (χ2n) is 6.99. The topological polar surface area (TPSA) is 88.9 Å². The number of benzene rings is 2. The van der Waals surface area contributed by atoms with Crippen LogP contribution < -0.4 is 10.6 Å². The van der Waals surface area contributed by atoms with Crippen LogP contribution in [-0.4, -0.2) is 45.4 Å². The molecule has 2 aromatic carbocycles. The highest BCUT2D eigenvalue weighted by molar-refractivity contribution is 7.99. The van der Waals surface area contributed by atoms with Crippen LogP contribution in [0.4, 0.5) is 0 Å². The molecule has 3 aromatic rings. The number of hydrogen-bond donors (Lipinski definition) is 2. The highest BCUT2D eigenvalue weighted by atomic mass is 32.2. The van der Waals surface area contributed by atoms with Gasteiger partial charge in [0.1, 0.15) is 6.33 Å². The monoisotopic (exact) mass is 423 g/mol. The molecule has 0 atom stereocenters. The predicted molar refractivity (Wildman–Crippen MR) is 118 cm³/mol. The number of aromatic nitrogens is 3. The van der Waals surface area contributed by atoms with Crippen molar-refractivity contribution in [2.45, 2.75) is 24.9 Å². The van der Waals surface area contributed by atoms with Gasteiger partial charge in [-0.2, -0.15) is 0 Å². The molecule has 156 valence electrons. The summed E-state index contributed by atoms with van der Waals surface area (Å²) in [5, 5.41) is 14.3. The number of hydrogen-bond acceptors (Lipinski definition) is 5. The van der Waals surface area contributed by atoms with Crippen molar-refractivity contribution in [1.82, 2.24) is 25.4 Å². The van der Waals surface area contributed by atoms with E-state index in [1.807, 2.05) is 34.9 Å². The van der Waals surface area contributed by atoms with Gasteiger partial charge < -0.3 is 10.6 Å². The molecular formula is C22H25N5O2S. The van der Waals surface area contributed by atoms with Gasteiger partial charge in [0, 0.05) is 24.3 Å². The first-order chi connectivity index (χ1) is 14.5. The fraction of sp³-hybridized carbons (Fsp3) is 0.273. The number of rotatable bonds is 9. The fourth-order valence-electron chi connectivity index (χ4n) is 2.77. The van der Waals surface area contributed by atoms with E-state index >= 15 is 0 Å². The Labute approximate surface area is 180 Å². The average molecular weight is 424 g/mol. The Morgan fingerprint density at radius 3 is 2.40 bits per heavy atom. The minimum atomic E-state index is -0.157. The first-order valence-corrected chi connectivity index (χ1v) is 10.8. The second-order valence-corrected chi connectivity index (χ2v) is 7.93. The molecule has 1 heterocycles. The normalized spacial score (nSPS) is 10.8. The molecule has 1 aromatic heterocycles. The van der Waals surface area contributed by atoms with Gasteiger partial charge in [0.15, 0.2) is 5.16 Å². The molecule has 2 amide bonds. The molecule has 7 nitrogen and oxygen atoms in total. The third-order valence-corrected chi connectivity index (χ3v) is 5.40. The lowest BCUT2D eigenvalue weighted by molar-refractivity contribution is -0.118. The summed E-state index contributed by atoms with van der Waals surface area (Å²) < 4.78 is 1.86. The Morgan fingerprint density at radius 2 is 1.70 bits per heavy atom. The Kier molecular flexibility index (Phi) is 7.62. The number of amides is 2. The molecule has 0 unspecified atom stereocenters. The van der Waals surface area contributed by atoms with Crippen molar-refractivity contribution in [3.05, 3.63) is 72.1 Å². The summed E-state index contributed by atoms with van der Waals surface area (Å²) in [5.74, 6) is 0.402. The molecule has 0 radical (unpaired) electrons. The van der Waals surface area contributed by atoms with Crippen molar-refractivity contribution in [3.63, 3.8) is 0 Å². The van der Waals surface area contributed by atoms with Crippen LogP contribution >= 0.6 is 11.8 Å². The number of nitrogens with zero attached hydrogens (tertiary/aromatic N) is 3. The van der Waals surface area contributed by atoms with E-state index in [1.54, 1.807) is 18.5 Å². The van der Waals surface area contributed by atoms with Crippen molar-refractivity contribution in [2.24, 2.45) is 0 Å². The average Bonchev–Trinajstić information content (AvgIpc) is 3.24. The van der Waals surface area contributed by atoms with E-state index in [0.717, 1.165) is 5.69 Å². The maximum absolute atomic E-state index is 12.1. The van der Waals surface area contributed by atoms with Gasteiger partial charge in [-0.25, -0.2) is 0 Å². The van der Waals surface area contributed by atoms with Crippen molar-refractivity contribution in [1.29, 1.82) is 0 Å². The van der Waals surface area contributed by atoms with Crippen LogP contribution in [-0.2, 0) is 4.79 Å². The van der Waals surface area contributed by atoms with Crippen LogP contribution in [0, 0.1) is 0 Å². The molecule has 0 aliphatic heterocycles. The Hall–Kier alpha value is -3.13. The van der Waals surface area contributed by atoms with E-state index in [4.69, 9.17) is 0 Å². The Bertz CT molecular complexity index is 971. The molecule has 2 N–H and O–H groups in total. The first-order valence-electron chi connectivity index (χ1n) is 9.77. The zero-order valence-electron chi connectivity index (χ0n) is 17.0. The summed E-state index contributed by atoms with van der Waals surface area (Å²) in [6.07, 6.45) is 1.64. The zero-order valence-corrected chi connectivity index (χ0v) is 17.9. The fourth-order valence-corrected chi connectivity index (χ4v) is 3.53. The molecule has 0 saturated heterocycles. The third-order valence-electron chi connectivity index (χ3n) is 4.46. The molecule has 0 spiro atoms. The summed E-state index contributed by atoms with van der Waals surface area (Å²) in [4.78, 5) is 24.1. The lowest BCUT2D eigenvalue weighted by Gasteiger charge is -2.09. The molecule has 0 fully saturated rings. The number of nitrogens with one attached hydrogen (secondary N) is 2. The molecule has 8 heteroatoms. The van der Waals surface area contributed by atoms with Gasteiger partial charge in [-0.05, 0) is 35.7 Å². The van der Waals surface area contributed by atoms with E-state index in [-0.39, 0.29) is 17.6 Å². The smallest absolute Gasteiger partial charge is 0.251 e. The van der Waals surface area contributed by atoms with E-state index in [2.05, 4.69) is 46.8 Å². The van der Waals surface area contributed by atoms with Crippen LogP contribution in [0.25, 0.3) is 5.69 Å². The summed E-state index contributed by atoms with van der Waals surface area (Å²) >= 11 is 1.32. The van der Waals surface area contributed by atoms with E-state index in [0.29, 0.717) is 29.7 Å². The van der Waals surface area contributed by atoms with Gasteiger partial charge in [-0.15, -0.1) is 10.2 Å². The van der Waals surface area contributed by atoms with Crippen LogP contribution in [0.1, 0.15) is 35.7 Å². The molecule has 0 saturated carbocycles. The minimum Gasteiger partial charge on any atom is -0.354 e. The van der Waals surface area contributed by atoms with Gasteiger partial charge >= 0.3 is 0 Å². The van der Waals surface area contributed by atoms with Crippen molar-refractivity contribution < 1.29 is 9.59 Å². The van der Waals surface area contributed by atoms with Gasteiger partial charge in [0.2, 0.25) is 5.91 Å². The van der Waals surface area contributed by atoms with Crippen molar-refractivity contribution in [2.75, 3.05) is 18.8 Å². The second kappa shape index (κ2) is 10.6. The van der Waals surface area contributed by atoms with Gasteiger partial charge in [-0.1, -0.05) is 55.9 Å². The number of carbonyl (C=O) groups excluding carboxylic acids is 2. The summed E-state index contributed by atoms with van der Waals surface area (Å²) in [6, 6.07) is 17.2. The maximum atomic E-state index is 12.1. The van der Waals surface area contributed by atoms with E-state index < -0.39 is 0 Å².